The second-order valence-corrected chi connectivity index (χ2v) is 4.09. The summed E-state index contributed by atoms with van der Waals surface area (Å²) in [5, 5.41) is 11.1. The SMILES string of the molecule is CCOC(=O)CCC(=O)N[C@H](C[C@H](C)C#N)C(N)=O. The molecule has 0 fully saturated rings. The van der Waals surface area contributed by atoms with E-state index in [4.69, 9.17) is 11.0 Å². The van der Waals surface area contributed by atoms with Gasteiger partial charge in [-0.25, -0.2) is 0 Å². The third-order valence-electron chi connectivity index (χ3n) is 2.35. The number of esters is 1. The van der Waals surface area contributed by atoms with E-state index in [2.05, 4.69) is 10.1 Å². The third kappa shape index (κ3) is 7.76. The lowest BCUT2D eigenvalue weighted by Gasteiger charge is -2.16. The van der Waals surface area contributed by atoms with Crippen molar-refractivity contribution in [1.82, 2.24) is 5.32 Å². The molecule has 0 aliphatic rings. The first-order valence-electron chi connectivity index (χ1n) is 6.04. The molecule has 0 aromatic rings. The largest absolute Gasteiger partial charge is 0.466 e. The molecule has 7 heteroatoms. The van der Waals surface area contributed by atoms with Crippen LogP contribution in [0.25, 0.3) is 0 Å². The molecule has 0 radical (unpaired) electrons. The zero-order chi connectivity index (χ0) is 14.8. The van der Waals surface area contributed by atoms with E-state index in [9.17, 15) is 14.4 Å². The summed E-state index contributed by atoms with van der Waals surface area (Å²) in [7, 11) is 0. The van der Waals surface area contributed by atoms with Crippen molar-refractivity contribution >= 4 is 17.8 Å². The lowest BCUT2D eigenvalue weighted by Crippen LogP contribution is -2.45. The molecular weight excluding hydrogens is 250 g/mol. The van der Waals surface area contributed by atoms with Crippen LogP contribution in [0.4, 0.5) is 0 Å². The first kappa shape index (κ1) is 16.9. The van der Waals surface area contributed by atoms with E-state index < -0.39 is 29.7 Å². The Hall–Kier alpha value is -2.10. The second kappa shape index (κ2) is 8.91. The lowest BCUT2D eigenvalue weighted by atomic mass is 10.0. The summed E-state index contributed by atoms with van der Waals surface area (Å²) in [6.07, 6.45) is 0.0134. The van der Waals surface area contributed by atoms with Crippen LogP contribution in [0.5, 0.6) is 0 Å². The Kier molecular flexibility index (Phi) is 7.93. The van der Waals surface area contributed by atoms with Crippen LogP contribution >= 0.6 is 0 Å². The van der Waals surface area contributed by atoms with Crippen LogP contribution in [0.1, 0.15) is 33.1 Å². The minimum Gasteiger partial charge on any atom is -0.466 e. The van der Waals surface area contributed by atoms with Gasteiger partial charge in [-0.3, -0.25) is 14.4 Å². The van der Waals surface area contributed by atoms with Crippen molar-refractivity contribution < 1.29 is 19.1 Å². The third-order valence-corrected chi connectivity index (χ3v) is 2.35. The Bertz CT molecular complexity index is 376. The van der Waals surface area contributed by atoms with E-state index in [0.717, 1.165) is 0 Å². The molecule has 0 unspecified atom stereocenters. The topological polar surface area (TPSA) is 122 Å². The quantitative estimate of drug-likeness (QED) is 0.593. The van der Waals surface area contributed by atoms with Gasteiger partial charge >= 0.3 is 5.97 Å². The smallest absolute Gasteiger partial charge is 0.306 e. The number of carbonyl (C=O) groups is 3. The number of amides is 2. The molecular formula is C12H19N3O4. The Morgan fingerprint density at radius 3 is 2.47 bits per heavy atom. The molecule has 0 spiro atoms. The highest BCUT2D eigenvalue weighted by Crippen LogP contribution is 2.05. The molecule has 2 amide bonds. The second-order valence-electron chi connectivity index (χ2n) is 4.09. The van der Waals surface area contributed by atoms with Gasteiger partial charge in [0.1, 0.15) is 6.04 Å². The van der Waals surface area contributed by atoms with Crippen LogP contribution in [0, 0.1) is 17.2 Å². The molecule has 0 aliphatic carbocycles. The highest BCUT2D eigenvalue weighted by atomic mass is 16.5. The van der Waals surface area contributed by atoms with Crippen molar-refractivity contribution in [3.8, 4) is 6.07 Å². The average Bonchev–Trinajstić information content (AvgIpc) is 2.35. The maximum absolute atomic E-state index is 11.5. The number of primary amides is 1. The fourth-order valence-electron chi connectivity index (χ4n) is 1.37. The van der Waals surface area contributed by atoms with Crippen LogP contribution < -0.4 is 11.1 Å². The maximum atomic E-state index is 11.5. The van der Waals surface area contributed by atoms with Gasteiger partial charge in [0.15, 0.2) is 0 Å². The molecule has 0 aromatic carbocycles. The Morgan fingerprint density at radius 2 is 2.00 bits per heavy atom. The number of ether oxygens (including phenoxy) is 1. The summed E-state index contributed by atoms with van der Waals surface area (Å²) in [4.78, 5) is 33.7. The number of hydrogen-bond donors (Lipinski definition) is 2. The van der Waals surface area contributed by atoms with E-state index >= 15 is 0 Å². The zero-order valence-electron chi connectivity index (χ0n) is 11.1. The van der Waals surface area contributed by atoms with E-state index in [0.29, 0.717) is 0 Å². The first-order valence-corrected chi connectivity index (χ1v) is 6.04. The van der Waals surface area contributed by atoms with Gasteiger partial charge in [0.2, 0.25) is 11.8 Å². The normalized spacial score (nSPS) is 12.9. The molecule has 0 heterocycles. The van der Waals surface area contributed by atoms with Crippen molar-refractivity contribution in [3.63, 3.8) is 0 Å². The fraction of sp³-hybridized carbons (Fsp3) is 0.667. The maximum Gasteiger partial charge on any atom is 0.306 e. The minimum absolute atomic E-state index is 0.0566. The molecule has 0 saturated carbocycles. The molecule has 0 rings (SSSR count). The number of nitrogens with zero attached hydrogens (tertiary/aromatic N) is 1. The Balaban J connectivity index is 4.22. The monoisotopic (exact) mass is 269 g/mol. The zero-order valence-corrected chi connectivity index (χ0v) is 11.1. The van der Waals surface area contributed by atoms with Gasteiger partial charge in [0.05, 0.1) is 19.1 Å². The summed E-state index contributed by atoms with van der Waals surface area (Å²) >= 11 is 0. The standard InChI is InChI=1S/C12H19N3O4/c1-3-19-11(17)5-4-10(16)15-9(12(14)18)6-8(2)7-13/h8-9H,3-6H2,1-2H3,(H2,14,18)(H,15,16)/t8-,9+/m0/s1. The molecule has 106 valence electrons. The van der Waals surface area contributed by atoms with Gasteiger partial charge in [-0.2, -0.15) is 5.26 Å². The summed E-state index contributed by atoms with van der Waals surface area (Å²) in [5.41, 5.74) is 5.14. The van der Waals surface area contributed by atoms with Crippen molar-refractivity contribution in [2.45, 2.75) is 39.2 Å². The molecule has 3 N–H and O–H groups in total. The van der Waals surface area contributed by atoms with Crippen LogP contribution in [0.2, 0.25) is 0 Å². The molecule has 0 aromatic heterocycles. The van der Waals surface area contributed by atoms with E-state index in [1.165, 1.54) is 0 Å². The number of hydrogen-bond acceptors (Lipinski definition) is 5. The number of carbonyl (C=O) groups excluding carboxylic acids is 3. The predicted octanol–water partition coefficient (Wildman–Crippen LogP) is -0.150. The van der Waals surface area contributed by atoms with E-state index in [-0.39, 0.29) is 25.9 Å². The van der Waals surface area contributed by atoms with Crippen LogP contribution in [0.15, 0.2) is 0 Å². The Morgan fingerprint density at radius 1 is 1.37 bits per heavy atom. The van der Waals surface area contributed by atoms with Gasteiger partial charge in [0.25, 0.3) is 0 Å². The Labute approximate surface area is 112 Å². The van der Waals surface area contributed by atoms with Crippen molar-refractivity contribution in [2.24, 2.45) is 11.7 Å². The summed E-state index contributed by atoms with van der Waals surface area (Å²) in [5.74, 6) is -2.05. The molecule has 2 atom stereocenters. The molecule has 19 heavy (non-hydrogen) atoms. The van der Waals surface area contributed by atoms with Gasteiger partial charge in [-0.15, -0.1) is 0 Å². The number of rotatable bonds is 8. The highest BCUT2D eigenvalue weighted by Gasteiger charge is 2.21. The van der Waals surface area contributed by atoms with Crippen LogP contribution in [0.3, 0.4) is 0 Å². The van der Waals surface area contributed by atoms with E-state index in [1.807, 2.05) is 6.07 Å². The highest BCUT2D eigenvalue weighted by molar-refractivity contribution is 5.87. The van der Waals surface area contributed by atoms with Crippen molar-refractivity contribution in [2.75, 3.05) is 6.61 Å². The lowest BCUT2D eigenvalue weighted by molar-refractivity contribution is -0.144. The van der Waals surface area contributed by atoms with Gasteiger partial charge in [-0.05, 0) is 20.3 Å². The molecule has 0 bridgehead atoms. The molecule has 0 aliphatic heterocycles. The number of nitriles is 1. The predicted molar refractivity (Wildman–Crippen MR) is 66.4 cm³/mol. The minimum atomic E-state index is -0.899. The first-order chi connectivity index (χ1) is 8.90. The number of nitrogens with one attached hydrogen (secondary N) is 1. The summed E-state index contributed by atoms with van der Waals surface area (Å²) < 4.78 is 4.67. The summed E-state index contributed by atoms with van der Waals surface area (Å²) in [6.45, 7) is 3.55. The van der Waals surface area contributed by atoms with Crippen molar-refractivity contribution in [1.29, 1.82) is 5.26 Å². The van der Waals surface area contributed by atoms with Crippen molar-refractivity contribution in [3.05, 3.63) is 0 Å². The summed E-state index contributed by atoms with van der Waals surface area (Å²) in [6, 6.07) is 1.06. The molecule has 7 nitrogen and oxygen atoms in total. The number of nitrogens with two attached hydrogens (primary N) is 1. The van der Waals surface area contributed by atoms with Gasteiger partial charge < -0.3 is 15.8 Å². The van der Waals surface area contributed by atoms with Gasteiger partial charge in [-0.1, -0.05) is 0 Å². The van der Waals surface area contributed by atoms with Crippen LogP contribution in [-0.4, -0.2) is 30.4 Å². The van der Waals surface area contributed by atoms with Crippen LogP contribution in [-0.2, 0) is 19.1 Å². The van der Waals surface area contributed by atoms with Gasteiger partial charge in [0, 0.05) is 12.3 Å². The fourth-order valence-corrected chi connectivity index (χ4v) is 1.37. The molecule has 0 saturated heterocycles. The average molecular weight is 269 g/mol. The van der Waals surface area contributed by atoms with E-state index in [1.54, 1.807) is 13.8 Å².